The molecule has 2 atom stereocenters. The summed E-state index contributed by atoms with van der Waals surface area (Å²) in [6.07, 6.45) is 2.80. The number of rotatable bonds is 3. The molecule has 114 valence electrons. The van der Waals surface area contributed by atoms with Crippen molar-refractivity contribution in [2.75, 3.05) is 18.1 Å². The van der Waals surface area contributed by atoms with Gasteiger partial charge in [-0.3, -0.25) is 4.79 Å². The van der Waals surface area contributed by atoms with Crippen LogP contribution in [0.15, 0.2) is 18.2 Å². The molecule has 2 heterocycles. The predicted molar refractivity (Wildman–Crippen MR) is 80.7 cm³/mol. The maximum Gasteiger partial charge on any atom is 0.162 e. The van der Waals surface area contributed by atoms with E-state index < -0.39 is 5.82 Å². The minimum atomic E-state index is -0.516. The average Bonchev–Trinajstić information content (AvgIpc) is 2.86. The first-order valence-corrected chi connectivity index (χ1v) is 8.42. The summed E-state index contributed by atoms with van der Waals surface area (Å²) in [7, 11) is 0. The maximum absolute atomic E-state index is 13.8. The summed E-state index contributed by atoms with van der Waals surface area (Å²) in [5.74, 6) is 1.86. The molecule has 0 amide bonds. The average molecular weight is 310 g/mol. The zero-order chi connectivity index (χ0) is 14.9. The Balaban J connectivity index is 1.68. The Labute approximate surface area is 128 Å². The van der Waals surface area contributed by atoms with Gasteiger partial charge < -0.3 is 9.47 Å². The van der Waals surface area contributed by atoms with E-state index in [1.165, 1.54) is 19.1 Å². The lowest BCUT2D eigenvalue weighted by Gasteiger charge is -2.37. The quantitative estimate of drug-likeness (QED) is 0.801. The van der Waals surface area contributed by atoms with Gasteiger partial charge in [-0.2, -0.15) is 11.8 Å². The van der Waals surface area contributed by atoms with E-state index in [4.69, 9.17) is 9.47 Å². The van der Waals surface area contributed by atoms with Crippen LogP contribution in [0.3, 0.4) is 0 Å². The number of ether oxygens (including phenoxy) is 2. The minimum Gasteiger partial charge on any atom is -0.490 e. The molecule has 1 aromatic carbocycles. The van der Waals surface area contributed by atoms with Gasteiger partial charge in [0.05, 0.1) is 17.8 Å². The van der Waals surface area contributed by atoms with Crippen molar-refractivity contribution in [3.05, 3.63) is 29.6 Å². The number of halogens is 1. The van der Waals surface area contributed by atoms with E-state index in [0.717, 1.165) is 30.8 Å². The summed E-state index contributed by atoms with van der Waals surface area (Å²) < 4.78 is 25.7. The fourth-order valence-electron chi connectivity index (χ4n) is 2.99. The van der Waals surface area contributed by atoms with E-state index in [2.05, 4.69) is 0 Å². The number of hydrogen-bond donors (Lipinski definition) is 0. The van der Waals surface area contributed by atoms with E-state index in [0.29, 0.717) is 12.4 Å². The summed E-state index contributed by atoms with van der Waals surface area (Å²) in [5, 5.41) is 0. The molecule has 2 aliphatic heterocycles. The SMILES string of the molecule is CC(=O)c1ccc(OC2CCOC3(CCSC3)C2)cc1F. The number of hydrogen-bond acceptors (Lipinski definition) is 4. The lowest BCUT2D eigenvalue weighted by Crippen LogP contribution is -2.43. The van der Waals surface area contributed by atoms with Crippen molar-refractivity contribution >= 4 is 17.5 Å². The molecule has 0 bridgehead atoms. The normalized spacial score (nSPS) is 28.8. The van der Waals surface area contributed by atoms with Gasteiger partial charge in [-0.05, 0) is 31.2 Å². The standard InChI is InChI=1S/C16H19FO3S/c1-11(18)14-3-2-12(8-15(14)17)20-13-4-6-19-16(9-13)5-7-21-10-16/h2-3,8,13H,4-7,9-10H2,1H3. The highest BCUT2D eigenvalue weighted by Crippen LogP contribution is 2.39. The molecule has 0 aliphatic carbocycles. The molecule has 2 unspecified atom stereocenters. The molecular formula is C16H19FO3S. The molecule has 1 spiro atoms. The monoisotopic (exact) mass is 310 g/mol. The van der Waals surface area contributed by atoms with E-state index in [9.17, 15) is 9.18 Å². The fraction of sp³-hybridized carbons (Fsp3) is 0.562. The second-order valence-electron chi connectivity index (χ2n) is 5.76. The second-order valence-corrected chi connectivity index (χ2v) is 6.87. The number of benzene rings is 1. The van der Waals surface area contributed by atoms with Crippen LogP contribution in [0.1, 0.15) is 36.5 Å². The molecule has 0 N–H and O–H groups in total. The zero-order valence-corrected chi connectivity index (χ0v) is 12.9. The van der Waals surface area contributed by atoms with E-state index in [1.807, 2.05) is 11.8 Å². The number of carbonyl (C=O) groups is 1. The molecular weight excluding hydrogens is 291 g/mol. The van der Waals surface area contributed by atoms with Crippen molar-refractivity contribution in [2.24, 2.45) is 0 Å². The van der Waals surface area contributed by atoms with Gasteiger partial charge in [-0.25, -0.2) is 4.39 Å². The van der Waals surface area contributed by atoms with Crippen molar-refractivity contribution in [1.29, 1.82) is 0 Å². The third kappa shape index (κ3) is 3.24. The number of thioether (sulfide) groups is 1. The van der Waals surface area contributed by atoms with Crippen LogP contribution in [0.5, 0.6) is 5.75 Å². The highest BCUT2D eigenvalue weighted by Gasteiger charge is 2.41. The zero-order valence-electron chi connectivity index (χ0n) is 12.1. The lowest BCUT2D eigenvalue weighted by atomic mass is 9.91. The van der Waals surface area contributed by atoms with Gasteiger partial charge in [0.1, 0.15) is 17.7 Å². The number of Topliss-reactive ketones (excluding diaryl/α,β-unsaturated/α-hetero) is 1. The summed E-state index contributed by atoms with van der Waals surface area (Å²) in [6, 6.07) is 4.47. The Kier molecular flexibility index (Phi) is 4.22. The predicted octanol–water partition coefficient (Wildman–Crippen LogP) is 3.46. The van der Waals surface area contributed by atoms with Crippen LogP contribution in [0.25, 0.3) is 0 Å². The first-order chi connectivity index (χ1) is 10.1. The Morgan fingerprint density at radius 2 is 2.38 bits per heavy atom. The van der Waals surface area contributed by atoms with Gasteiger partial charge in [-0.15, -0.1) is 0 Å². The van der Waals surface area contributed by atoms with Gasteiger partial charge in [0.15, 0.2) is 5.78 Å². The topological polar surface area (TPSA) is 35.5 Å². The van der Waals surface area contributed by atoms with Gasteiger partial charge in [-0.1, -0.05) is 0 Å². The Hall–Kier alpha value is -1.07. The third-order valence-corrected chi connectivity index (χ3v) is 5.36. The van der Waals surface area contributed by atoms with Crippen molar-refractivity contribution in [3.63, 3.8) is 0 Å². The minimum absolute atomic E-state index is 0.0501. The van der Waals surface area contributed by atoms with Gasteiger partial charge >= 0.3 is 0 Å². The first kappa shape index (κ1) is 14.9. The Morgan fingerprint density at radius 3 is 3.05 bits per heavy atom. The van der Waals surface area contributed by atoms with Gasteiger partial charge in [0.25, 0.3) is 0 Å². The Bertz CT molecular complexity index is 540. The molecule has 2 saturated heterocycles. The van der Waals surface area contributed by atoms with Crippen LogP contribution in [0.2, 0.25) is 0 Å². The smallest absolute Gasteiger partial charge is 0.162 e. The summed E-state index contributed by atoms with van der Waals surface area (Å²) in [4.78, 5) is 11.2. The molecule has 0 radical (unpaired) electrons. The second kappa shape index (κ2) is 5.97. The van der Waals surface area contributed by atoms with E-state index in [1.54, 1.807) is 6.07 Å². The van der Waals surface area contributed by atoms with Crippen LogP contribution in [-0.2, 0) is 4.74 Å². The highest BCUT2D eigenvalue weighted by molar-refractivity contribution is 7.99. The number of ketones is 1. The summed E-state index contributed by atoms with van der Waals surface area (Å²) >= 11 is 1.92. The molecule has 0 saturated carbocycles. The van der Waals surface area contributed by atoms with Crippen molar-refractivity contribution in [2.45, 2.75) is 37.9 Å². The molecule has 1 aromatic rings. The maximum atomic E-state index is 13.8. The first-order valence-electron chi connectivity index (χ1n) is 7.27. The molecule has 5 heteroatoms. The van der Waals surface area contributed by atoms with Crippen LogP contribution >= 0.6 is 11.8 Å². The van der Waals surface area contributed by atoms with Gasteiger partial charge in [0.2, 0.25) is 0 Å². The summed E-state index contributed by atoms with van der Waals surface area (Å²) in [6.45, 7) is 2.05. The molecule has 21 heavy (non-hydrogen) atoms. The molecule has 3 rings (SSSR count). The van der Waals surface area contributed by atoms with Crippen molar-refractivity contribution in [1.82, 2.24) is 0 Å². The van der Waals surface area contributed by atoms with E-state index in [-0.39, 0.29) is 23.1 Å². The van der Waals surface area contributed by atoms with Crippen LogP contribution in [0.4, 0.5) is 4.39 Å². The van der Waals surface area contributed by atoms with Crippen molar-refractivity contribution in [3.8, 4) is 5.75 Å². The molecule has 2 aliphatic rings. The van der Waals surface area contributed by atoms with E-state index >= 15 is 0 Å². The van der Waals surface area contributed by atoms with Crippen LogP contribution in [-0.4, -0.2) is 35.6 Å². The van der Waals surface area contributed by atoms with Gasteiger partial charge in [0, 0.05) is 24.7 Å². The van der Waals surface area contributed by atoms with Crippen molar-refractivity contribution < 1.29 is 18.7 Å². The molecule has 0 aromatic heterocycles. The number of carbonyl (C=O) groups excluding carboxylic acids is 1. The van der Waals surface area contributed by atoms with Crippen LogP contribution in [0, 0.1) is 5.82 Å². The summed E-state index contributed by atoms with van der Waals surface area (Å²) in [5.41, 5.74) is 0.0591. The fourth-order valence-corrected chi connectivity index (χ4v) is 4.37. The highest BCUT2D eigenvalue weighted by atomic mass is 32.2. The largest absolute Gasteiger partial charge is 0.490 e. The third-order valence-electron chi connectivity index (χ3n) is 4.14. The molecule has 2 fully saturated rings. The lowest BCUT2D eigenvalue weighted by molar-refractivity contribution is -0.0959. The Morgan fingerprint density at radius 1 is 1.52 bits per heavy atom. The van der Waals surface area contributed by atoms with Crippen LogP contribution < -0.4 is 4.74 Å². The molecule has 3 nitrogen and oxygen atoms in total.